The fourth-order valence-corrected chi connectivity index (χ4v) is 1.26. The summed E-state index contributed by atoms with van der Waals surface area (Å²) in [5.74, 6) is 0.673. The lowest BCUT2D eigenvalue weighted by Crippen LogP contribution is -2.25. The van der Waals surface area contributed by atoms with Crippen molar-refractivity contribution >= 4 is 23.5 Å². The first kappa shape index (κ1) is 9.01. The van der Waals surface area contributed by atoms with Crippen molar-refractivity contribution in [1.82, 2.24) is 5.01 Å². The number of hydrogen-bond donors (Lipinski definition) is 0. The van der Waals surface area contributed by atoms with Crippen molar-refractivity contribution in [2.24, 2.45) is 15.3 Å². The molecular weight excluding hydrogens is 200 g/mol. The second kappa shape index (κ2) is 3.67. The molecular formula is C8H8N4OS. The predicted molar refractivity (Wildman–Crippen MR) is 55.1 cm³/mol. The molecule has 6 heteroatoms. The topological polar surface area (TPSA) is 53.5 Å². The molecule has 14 heavy (non-hydrogen) atoms. The number of nitrogens with zero attached hydrogens (tertiary/aromatic N) is 4. The summed E-state index contributed by atoms with van der Waals surface area (Å²) >= 11 is 4.93. The Labute approximate surface area is 86.1 Å². The van der Waals surface area contributed by atoms with E-state index in [2.05, 4.69) is 15.3 Å². The number of azo groups is 1. The van der Waals surface area contributed by atoms with Crippen LogP contribution in [0.15, 0.2) is 38.1 Å². The Bertz CT molecular complexity index is 384. The van der Waals surface area contributed by atoms with Crippen LogP contribution in [0.5, 0.6) is 0 Å². The maximum atomic E-state index is 5.08. The minimum atomic E-state index is -0.131. The van der Waals surface area contributed by atoms with E-state index in [0.29, 0.717) is 10.9 Å². The van der Waals surface area contributed by atoms with Crippen LogP contribution in [0.2, 0.25) is 0 Å². The normalized spacial score (nSPS) is 21.4. The number of rotatable bonds is 2. The molecule has 0 spiro atoms. The highest BCUT2D eigenvalue weighted by molar-refractivity contribution is 7.80. The van der Waals surface area contributed by atoms with Gasteiger partial charge in [0.15, 0.2) is 6.17 Å². The molecule has 5 nitrogen and oxygen atoms in total. The lowest BCUT2D eigenvalue weighted by molar-refractivity contribution is 0.381. The van der Waals surface area contributed by atoms with E-state index >= 15 is 0 Å². The van der Waals surface area contributed by atoms with Crippen LogP contribution in [-0.4, -0.2) is 22.5 Å². The van der Waals surface area contributed by atoms with Crippen LogP contribution in [0.1, 0.15) is 12.7 Å². The van der Waals surface area contributed by atoms with Gasteiger partial charge in [0.1, 0.15) is 5.76 Å². The predicted octanol–water partition coefficient (Wildman–Crippen LogP) is 2.01. The minimum Gasteiger partial charge on any atom is -0.463 e. The van der Waals surface area contributed by atoms with E-state index in [0.717, 1.165) is 0 Å². The van der Waals surface area contributed by atoms with Gasteiger partial charge in [0.2, 0.25) is 5.11 Å². The first-order valence-corrected chi connectivity index (χ1v) is 4.50. The van der Waals surface area contributed by atoms with Crippen LogP contribution < -0.4 is 0 Å². The Morgan fingerprint density at radius 2 is 2.57 bits per heavy atom. The molecule has 2 rings (SSSR count). The van der Waals surface area contributed by atoms with Crippen molar-refractivity contribution in [2.75, 3.05) is 0 Å². The molecule has 0 fully saturated rings. The van der Waals surface area contributed by atoms with Gasteiger partial charge in [0, 0.05) is 0 Å². The Morgan fingerprint density at radius 3 is 3.14 bits per heavy atom. The number of thiocarbonyl (C=S) groups is 1. The van der Waals surface area contributed by atoms with E-state index in [1.54, 1.807) is 23.6 Å². The van der Waals surface area contributed by atoms with Crippen molar-refractivity contribution in [2.45, 2.75) is 13.1 Å². The zero-order valence-electron chi connectivity index (χ0n) is 7.49. The molecule has 1 unspecified atom stereocenters. The van der Waals surface area contributed by atoms with Gasteiger partial charge < -0.3 is 4.42 Å². The zero-order chi connectivity index (χ0) is 9.97. The van der Waals surface area contributed by atoms with Gasteiger partial charge in [-0.05, 0) is 31.3 Å². The van der Waals surface area contributed by atoms with Gasteiger partial charge in [-0.1, -0.05) is 0 Å². The summed E-state index contributed by atoms with van der Waals surface area (Å²) < 4.78 is 5.08. The smallest absolute Gasteiger partial charge is 0.238 e. The molecule has 1 aliphatic heterocycles. The summed E-state index contributed by atoms with van der Waals surface area (Å²) in [6.07, 6.45) is 3.04. The van der Waals surface area contributed by atoms with Crippen molar-refractivity contribution < 1.29 is 4.42 Å². The van der Waals surface area contributed by atoms with Gasteiger partial charge in [-0.25, -0.2) is 5.01 Å². The SMILES string of the molecule is CC1N=NC(=S)N1/N=C\c1ccco1. The van der Waals surface area contributed by atoms with E-state index in [1.165, 1.54) is 0 Å². The summed E-state index contributed by atoms with van der Waals surface area (Å²) in [6, 6.07) is 3.60. The first-order valence-electron chi connectivity index (χ1n) is 4.09. The fourth-order valence-electron chi connectivity index (χ4n) is 1.02. The van der Waals surface area contributed by atoms with Gasteiger partial charge in [0.25, 0.3) is 0 Å². The second-order valence-electron chi connectivity index (χ2n) is 2.73. The fraction of sp³-hybridized carbons (Fsp3) is 0.250. The molecule has 1 aromatic heterocycles. The molecule has 0 saturated heterocycles. The van der Waals surface area contributed by atoms with Gasteiger partial charge in [-0.2, -0.15) is 10.2 Å². The van der Waals surface area contributed by atoms with Crippen molar-refractivity contribution in [3.05, 3.63) is 24.2 Å². The Kier molecular flexibility index (Phi) is 2.36. The average molecular weight is 208 g/mol. The molecule has 72 valence electrons. The van der Waals surface area contributed by atoms with Gasteiger partial charge in [-0.3, -0.25) is 0 Å². The molecule has 0 aliphatic carbocycles. The van der Waals surface area contributed by atoms with Crippen LogP contribution in [0.3, 0.4) is 0 Å². The molecule has 0 bridgehead atoms. The van der Waals surface area contributed by atoms with Crippen molar-refractivity contribution in [3.63, 3.8) is 0 Å². The molecule has 0 radical (unpaired) electrons. The second-order valence-corrected chi connectivity index (χ2v) is 3.10. The third-order valence-corrected chi connectivity index (χ3v) is 1.98. The van der Waals surface area contributed by atoms with Crippen LogP contribution in [0.25, 0.3) is 0 Å². The molecule has 1 aliphatic rings. The van der Waals surface area contributed by atoms with E-state index in [9.17, 15) is 0 Å². The summed E-state index contributed by atoms with van der Waals surface area (Å²) in [6.45, 7) is 1.86. The van der Waals surface area contributed by atoms with Gasteiger partial charge >= 0.3 is 0 Å². The van der Waals surface area contributed by atoms with Crippen LogP contribution in [0.4, 0.5) is 0 Å². The van der Waals surface area contributed by atoms with E-state index < -0.39 is 0 Å². The third-order valence-electron chi connectivity index (χ3n) is 1.71. The Morgan fingerprint density at radius 1 is 1.71 bits per heavy atom. The molecule has 0 N–H and O–H groups in total. The standard InChI is InChI=1S/C8H8N4OS/c1-6-10-11-8(14)12(6)9-5-7-3-2-4-13-7/h2-6H,1H3/b9-5-. The summed E-state index contributed by atoms with van der Waals surface area (Å²) in [5.41, 5.74) is 0. The third kappa shape index (κ3) is 1.69. The highest BCUT2D eigenvalue weighted by Gasteiger charge is 2.21. The number of hydrazone groups is 1. The molecule has 1 atom stereocenters. The van der Waals surface area contributed by atoms with Crippen LogP contribution >= 0.6 is 12.2 Å². The summed E-state index contributed by atoms with van der Waals surface area (Å²) in [4.78, 5) is 0. The summed E-state index contributed by atoms with van der Waals surface area (Å²) in [7, 11) is 0. The summed E-state index contributed by atoms with van der Waals surface area (Å²) in [5, 5.41) is 13.6. The first-order chi connectivity index (χ1) is 6.77. The lowest BCUT2D eigenvalue weighted by Gasteiger charge is -2.11. The highest BCUT2D eigenvalue weighted by Crippen LogP contribution is 2.12. The molecule has 0 aromatic carbocycles. The average Bonchev–Trinajstić information content (AvgIpc) is 2.76. The van der Waals surface area contributed by atoms with Crippen LogP contribution in [0, 0.1) is 0 Å². The van der Waals surface area contributed by atoms with Crippen molar-refractivity contribution in [1.29, 1.82) is 0 Å². The maximum Gasteiger partial charge on any atom is 0.238 e. The monoisotopic (exact) mass is 208 g/mol. The number of hydrogen-bond acceptors (Lipinski definition) is 4. The maximum absolute atomic E-state index is 5.08. The highest BCUT2D eigenvalue weighted by atomic mass is 32.1. The van der Waals surface area contributed by atoms with E-state index in [4.69, 9.17) is 16.6 Å². The molecule has 2 heterocycles. The largest absolute Gasteiger partial charge is 0.463 e. The molecule has 0 saturated carbocycles. The molecule has 1 aromatic rings. The van der Waals surface area contributed by atoms with E-state index in [-0.39, 0.29) is 6.17 Å². The Balaban J connectivity index is 2.08. The Hall–Kier alpha value is -1.56. The van der Waals surface area contributed by atoms with Crippen LogP contribution in [-0.2, 0) is 0 Å². The van der Waals surface area contributed by atoms with Gasteiger partial charge in [-0.15, -0.1) is 5.11 Å². The lowest BCUT2D eigenvalue weighted by atomic mass is 10.5. The van der Waals surface area contributed by atoms with Crippen molar-refractivity contribution in [3.8, 4) is 0 Å². The van der Waals surface area contributed by atoms with Gasteiger partial charge in [0.05, 0.1) is 12.5 Å². The zero-order valence-corrected chi connectivity index (χ0v) is 8.31. The molecule has 0 amide bonds. The number of furan rings is 1. The quantitative estimate of drug-likeness (QED) is 0.551. The minimum absolute atomic E-state index is 0.131. The van der Waals surface area contributed by atoms with E-state index in [1.807, 2.05) is 13.0 Å².